The zero-order valence-corrected chi connectivity index (χ0v) is 10.4. The first-order chi connectivity index (χ1) is 9.20. The lowest BCUT2D eigenvalue weighted by Gasteiger charge is -2.31. The summed E-state index contributed by atoms with van der Waals surface area (Å²) < 4.78 is 5.59. The smallest absolute Gasteiger partial charge is 0.407 e. The maximum absolute atomic E-state index is 10.9. The average Bonchev–Trinajstić information content (AvgIpc) is 2.45. The standard InChI is InChI=1S/C13H15N3O3/c14-7-10-3-1-2-4-12(10)19-9-11-8-16(13(17)18)6-5-15-11/h1-4,11,15H,5-6,8-9H2,(H,17,18)/t11-/m0/s1. The van der Waals surface area contributed by atoms with Crippen molar-refractivity contribution in [3.05, 3.63) is 29.8 Å². The Morgan fingerprint density at radius 1 is 1.58 bits per heavy atom. The highest BCUT2D eigenvalue weighted by Crippen LogP contribution is 2.16. The van der Waals surface area contributed by atoms with Crippen LogP contribution in [0.15, 0.2) is 24.3 Å². The minimum absolute atomic E-state index is 0.0587. The van der Waals surface area contributed by atoms with Gasteiger partial charge in [0, 0.05) is 19.6 Å². The van der Waals surface area contributed by atoms with E-state index in [4.69, 9.17) is 15.1 Å². The molecule has 0 aromatic heterocycles. The quantitative estimate of drug-likeness (QED) is 0.844. The Kier molecular flexibility index (Phi) is 4.21. The predicted octanol–water partition coefficient (Wildman–Crippen LogP) is 0.889. The van der Waals surface area contributed by atoms with Gasteiger partial charge in [-0.1, -0.05) is 12.1 Å². The minimum atomic E-state index is -0.913. The monoisotopic (exact) mass is 261 g/mol. The Labute approximate surface area is 111 Å². The van der Waals surface area contributed by atoms with Gasteiger partial charge >= 0.3 is 6.09 Å². The van der Waals surface area contributed by atoms with Gasteiger partial charge in [-0.15, -0.1) is 0 Å². The molecule has 100 valence electrons. The molecule has 0 aliphatic carbocycles. The fourth-order valence-electron chi connectivity index (χ4n) is 1.99. The number of amides is 1. The van der Waals surface area contributed by atoms with Crippen LogP contribution in [-0.2, 0) is 0 Å². The molecule has 19 heavy (non-hydrogen) atoms. The van der Waals surface area contributed by atoms with E-state index < -0.39 is 6.09 Å². The minimum Gasteiger partial charge on any atom is -0.491 e. The summed E-state index contributed by atoms with van der Waals surface area (Å²) in [5, 5.41) is 21.1. The van der Waals surface area contributed by atoms with E-state index in [0.717, 1.165) is 0 Å². The maximum atomic E-state index is 10.9. The molecule has 6 heteroatoms. The largest absolute Gasteiger partial charge is 0.491 e. The molecular weight excluding hydrogens is 246 g/mol. The Morgan fingerprint density at radius 2 is 2.37 bits per heavy atom. The number of nitriles is 1. The van der Waals surface area contributed by atoms with E-state index in [0.29, 0.717) is 37.6 Å². The van der Waals surface area contributed by atoms with Crippen molar-refractivity contribution in [2.24, 2.45) is 0 Å². The molecule has 1 atom stereocenters. The molecule has 0 saturated carbocycles. The lowest BCUT2D eigenvalue weighted by molar-refractivity contribution is 0.118. The number of hydrogen-bond donors (Lipinski definition) is 2. The SMILES string of the molecule is N#Cc1ccccc1OC[C@@H]1CN(C(=O)O)CCN1. The van der Waals surface area contributed by atoms with Crippen molar-refractivity contribution in [2.75, 3.05) is 26.2 Å². The number of hydrogen-bond acceptors (Lipinski definition) is 4. The van der Waals surface area contributed by atoms with Gasteiger partial charge in [0.05, 0.1) is 11.6 Å². The summed E-state index contributed by atoms with van der Waals surface area (Å²) in [7, 11) is 0. The molecule has 1 aromatic carbocycles. The van der Waals surface area contributed by atoms with Gasteiger partial charge in [0.25, 0.3) is 0 Å². The van der Waals surface area contributed by atoms with Gasteiger partial charge in [-0.3, -0.25) is 0 Å². The molecule has 1 fully saturated rings. The third-order valence-corrected chi connectivity index (χ3v) is 2.97. The number of nitrogens with zero attached hydrogens (tertiary/aromatic N) is 2. The molecule has 0 unspecified atom stereocenters. The number of rotatable bonds is 3. The van der Waals surface area contributed by atoms with Gasteiger partial charge in [-0.2, -0.15) is 5.26 Å². The second-order valence-electron chi connectivity index (χ2n) is 4.30. The molecule has 2 rings (SSSR count). The summed E-state index contributed by atoms with van der Waals surface area (Å²) >= 11 is 0. The maximum Gasteiger partial charge on any atom is 0.407 e. The summed E-state index contributed by atoms with van der Waals surface area (Å²) in [5.74, 6) is 0.527. The summed E-state index contributed by atoms with van der Waals surface area (Å²) in [6, 6.07) is 9.00. The summed E-state index contributed by atoms with van der Waals surface area (Å²) in [5.41, 5.74) is 0.480. The number of ether oxygens (including phenoxy) is 1. The van der Waals surface area contributed by atoms with E-state index in [-0.39, 0.29) is 6.04 Å². The lowest BCUT2D eigenvalue weighted by Crippen LogP contribution is -2.54. The van der Waals surface area contributed by atoms with Crippen molar-refractivity contribution in [1.29, 1.82) is 5.26 Å². The summed E-state index contributed by atoms with van der Waals surface area (Å²) in [6.07, 6.45) is -0.913. The van der Waals surface area contributed by atoms with Crippen LogP contribution in [0.2, 0.25) is 0 Å². The van der Waals surface area contributed by atoms with Crippen LogP contribution in [0, 0.1) is 11.3 Å². The number of carboxylic acid groups (broad SMARTS) is 1. The normalized spacial score (nSPS) is 18.7. The first kappa shape index (κ1) is 13.2. The molecule has 0 bridgehead atoms. The molecule has 6 nitrogen and oxygen atoms in total. The van der Waals surface area contributed by atoms with Crippen LogP contribution in [0.1, 0.15) is 5.56 Å². The van der Waals surface area contributed by atoms with Crippen LogP contribution in [-0.4, -0.2) is 48.4 Å². The highest BCUT2D eigenvalue weighted by Gasteiger charge is 2.23. The lowest BCUT2D eigenvalue weighted by atomic mass is 10.2. The van der Waals surface area contributed by atoms with Crippen LogP contribution < -0.4 is 10.1 Å². The first-order valence-corrected chi connectivity index (χ1v) is 6.04. The van der Waals surface area contributed by atoms with Crippen LogP contribution in [0.25, 0.3) is 0 Å². The van der Waals surface area contributed by atoms with E-state index in [1.54, 1.807) is 24.3 Å². The Hall–Kier alpha value is -2.26. The number of carbonyl (C=O) groups is 1. The molecule has 0 spiro atoms. The van der Waals surface area contributed by atoms with Crippen LogP contribution in [0.5, 0.6) is 5.75 Å². The molecule has 1 heterocycles. The van der Waals surface area contributed by atoms with Crippen molar-refractivity contribution in [1.82, 2.24) is 10.2 Å². The van der Waals surface area contributed by atoms with Crippen LogP contribution >= 0.6 is 0 Å². The molecule has 1 aromatic rings. The Bertz CT molecular complexity index is 498. The van der Waals surface area contributed by atoms with Gasteiger partial charge in [0.15, 0.2) is 0 Å². The Morgan fingerprint density at radius 3 is 3.11 bits per heavy atom. The molecule has 1 saturated heterocycles. The second kappa shape index (κ2) is 6.07. The van der Waals surface area contributed by atoms with Gasteiger partial charge in [-0.05, 0) is 12.1 Å². The molecule has 2 N–H and O–H groups in total. The fraction of sp³-hybridized carbons (Fsp3) is 0.385. The number of piperazine rings is 1. The fourth-order valence-corrected chi connectivity index (χ4v) is 1.99. The van der Waals surface area contributed by atoms with Crippen molar-refractivity contribution in [3.8, 4) is 11.8 Å². The number of para-hydroxylation sites is 1. The van der Waals surface area contributed by atoms with Crippen molar-refractivity contribution in [3.63, 3.8) is 0 Å². The summed E-state index contributed by atoms with van der Waals surface area (Å²) in [4.78, 5) is 12.3. The number of nitrogens with one attached hydrogen (secondary N) is 1. The van der Waals surface area contributed by atoms with Gasteiger partial charge < -0.3 is 20.1 Å². The van der Waals surface area contributed by atoms with Crippen LogP contribution in [0.3, 0.4) is 0 Å². The zero-order valence-electron chi connectivity index (χ0n) is 10.4. The highest BCUT2D eigenvalue weighted by molar-refractivity contribution is 5.65. The van der Waals surface area contributed by atoms with Gasteiger partial charge in [0.2, 0.25) is 0 Å². The highest BCUT2D eigenvalue weighted by atomic mass is 16.5. The predicted molar refractivity (Wildman–Crippen MR) is 68.0 cm³/mol. The van der Waals surface area contributed by atoms with E-state index in [1.165, 1.54) is 4.90 Å². The van der Waals surface area contributed by atoms with Crippen LogP contribution in [0.4, 0.5) is 4.79 Å². The molecule has 1 aliphatic heterocycles. The third kappa shape index (κ3) is 3.36. The molecule has 0 radical (unpaired) electrons. The number of benzene rings is 1. The second-order valence-corrected chi connectivity index (χ2v) is 4.30. The van der Waals surface area contributed by atoms with Crippen molar-refractivity contribution in [2.45, 2.75) is 6.04 Å². The van der Waals surface area contributed by atoms with Gasteiger partial charge in [0.1, 0.15) is 18.4 Å². The average molecular weight is 261 g/mol. The summed E-state index contributed by atoms with van der Waals surface area (Å²) in [6.45, 7) is 1.83. The van der Waals surface area contributed by atoms with E-state index in [2.05, 4.69) is 11.4 Å². The molecular formula is C13H15N3O3. The van der Waals surface area contributed by atoms with Crippen molar-refractivity contribution >= 4 is 6.09 Å². The zero-order chi connectivity index (χ0) is 13.7. The van der Waals surface area contributed by atoms with E-state index in [1.807, 2.05) is 0 Å². The Balaban J connectivity index is 1.92. The third-order valence-electron chi connectivity index (χ3n) is 2.97. The van der Waals surface area contributed by atoms with E-state index >= 15 is 0 Å². The van der Waals surface area contributed by atoms with Crippen molar-refractivity contribution < 1.29 is 14.6 Å². The van der Waals surface area contributed by atoms with Gasteiger partial charge in [-0.25, -0.2) is 4.79 Å². The van der Waals surface area contributed by atoms with E-state index in [9.17, 15) is 4.79 Å². The molecule has 1 aliphatic rings. The molecule has 1 amide bonds. The topological polar surface area (TPSA) is 85.6 Å². The first-order valence-electron chi connectivity index (χ1n) is 6.04.